The van der Waals surface area contributed by atoms with Crippen molar-refractivity contribution in [1.82, 2.24) is 9.88 Å². The first-order valence-electron chi connectivity index (χ1n) is 10.8. The number of hydrogen-bond donors (Lipinski definition) is 0. The number of Topliss-reactive ketones (excluding diaryl/α,β-unsaturated/α-hetero) is 1. The van der Waals surface area contributed by atoms with Gasteiger partial charge in [0.15, 0.2) is 23.8 Å². The summed E-state index contributed by atoms with van der Waals surface area (Å²) >= 11 is 0. The Labute approximate surface area is 196 Å². The van der Waals surface area contributed by atoms with Crippen molar-refractivity contribution in [2.75, 3.05) is 20.3 Å². The first-order valence-corrected chi connectivity index (χ1v) is 10.8. The average Bonchev–Trinajstić information content (AvgIpc) is 3.38. The van der Waals surface area contributed by atoms with Gasteiger partial charge in [0.2, 0.25) is 17.8 Å². The largest absolute Gasteiger partial charge is 0.493 e. The number of amides is 2. The first kappa shape index (κ1) is 23.0. The van der Waals surface area contributed by atoms with E-state index in [0.717, 1.165) is 10.5 Å². The van der Waals surface area contributed by atoms with Gasteiger partial charge in [0.25, 0.3) is 5.91 Å². The summed E-state index contributed by atoms with van der Waals surface area (Å²) in [5, 5.41) is 0. The number of nitrogens with zero attached hydrogens (tertiary/aromatic N) is 2. The molecule has 176 valence electrons. The van der Waals surface area contributed by atoms with Crippen molar-refractivity contribution < 1.29 is 33.0 Å². The molecule has 1 unspecified atom stereocenters. The van der Waals surface area contributed by atoms with Crippen LogP contribution in [0.3, 0.4) is 0 Å². The summed E-state index contributed by atoms with van der Waals surface area (Å²) in [7, 11) is 1.44. The normalized spacial score (nSPS) is 15.4. The van der Waals surface area contributed by atoms with E-state index in [1.807, 2.05) is 37.3 Å². The molecule has 34 heavy (non-hydrogen) atoms. The minimum absolute atomic E-state index is 0.189. The predicted octanol–water partition coefficient (Wildman–Crippen LogP) is 4.35. The monoisotopic (exact) mass is 464 g/mol. The molecule has 1 aromatic heterocycles. The summed E-state index contributed by atoms with van der Waals surface area (Å²) in [6.45, 7) is 3.54. The lowest BCUT2D eigenvalue weighted by atomic mass is 10.1. The van der Waals surface area contributed by atoms with Gasteiger partial charge in [-0.15, -0.1) is 0 Å². The van der Waals surface area contributed by atoms with Crippen LogP contribution in [0.2, 0.25) is 0 Å². The van der Waals surface area contributed by atoms with Gasteiger partial charge in [-0.25, -0.2) is 14.7 Å². The number of carbonyl (C=O) groups is 3. The molecule has 9 heteroatoms. The van der Waals surface area contributed by atoms with Crippen molar-refractivity contribution in [1.29, 1.82) is 0 Å². The van der Waals surface area contributed by atoms with Crippen LogP contribution >= 0.6 is 0 Å². The molecule has 4 rings (SSSR count). The highest BCUT2D eigenvalue weighted by Gasteiger charge is 2.41. The Bertz CT molecular complexity index is 1220. The Balaban J connectivity index is 1.47. The molecule has 2 aromatic carbocycles. The maximum Gasteiger partial charge on any atom is 0.417 e. The van der Waals surface area contributed by atoms with E-state index in [0.29, 0.717) is 41.7 Å². The molecule has 0 radical (unpaired) electrons. The number of imide groups is 1. The van der Waals surface area contributed by atoms with Gasteiger partial charge in [0.1, 0.15) is 5.76 Å². The fourth-order valence-electron chi connectivity index (χ4n) is 3.62. The molecule has 9 nitrogen and oxygen atoms in total. The summed E-state index contributed by atoms with van der Waals surface area (Å²) in [5.74, 6) is 0.568. The van der Waals surface area contributed by atoms with E-state index in [4.69, 9.17) is 18.6 Å². The van der Waals surface area contributed by atoms with E-state index in [2.05, 4.69) is 4.98 Å². The fraction of sp³-hybridized carbons (Fsp3) is 0.280. The Morgan fingerprint density at radius 3 is 2.59 bits per heavy atom. The molecule has 1 atom stereocenters. The number of carbonyl (C=O) groups excluding carboxylic acids is 3. The molecule has 1 aliphatic heterocycles. The van der Waals surface area contributed by atoms with Gasteiger partial charge in [0.05, 0.1) is 7.11 Å². The lowest BCUT2D eigenvalue weighted by Gasteiger charge is -2.13. The predicted molar refractivity (Wildman–Crippen MR) is 121 cm³/mol. The van der Waals surface area contributed by atoms with Crippen LogP contribution in [0.15, 0.2) is 52.9 Å². The van der Waals surface area contributed by atoms with E-state index in [1.165, 1.54) is 7.11 Å². The van der Waals surface area contributed by atoms with Gasteiger partial charge in [-0.05, 0) is 37.6 Å². The first-order chi connectivity index (χ1) is 16.4. The van der Waals surface area contributed by atoms with Gasteiger partial charge in [-0.1, -0.05) is 31.2 Å². The maximum absolute atomic E-state index is 12.7. The van der Waals surface area contributed by atoms with Gasteiger partial charge in [0, 0.05) is 17.7 Å². The number of hydrogen-bond acceptors (Lipinski definition) is 8. The molecule has 0 bridgehead atoms. The summed E-state index contributed by atoms with van der Waals surface area (Å²) < 4.78 is 21.9. The molecular formula is C25H24N2O7. The van der Waals surface area contributed by atoms with Crippen LogP contribution in [-0.2, 0) is 9.53 Å². The number of ketones is 1. The highest BCUT2D eigenvalue weighted by atomic mass is 16.6. The lowest BCUT2D eigenvalue weighted by molar-refractivity contribution is -0.129. The zero-order chi connectivity index (χ0) is 24.2. The molecule has 2 amide bonds. The zero-order valence-electron chi connectivity index (χ0n) is 19.1. The third-order valence-corrected chi connectivity index (χ3v) is 5.31. The quantitative estimate of drug-likeness (QED) is 0.430. The third-order valence-electron chi connectivity index (χ3n) is 5.31. The zero-order valence-corrected chi connectivity index (χ0v) is 19.1. The van der Waals surface area contributed by atoms with Crippen molar-refractivity contribution in [3.63, 3.8) is 0 Å². The number of oxazole rings is 1. The van der Waals surface area contributed by atoms with Gasteiger partial charge in [-0.3, -0.25) is 9.59 Å². The van der Waals surface area contributed by atoms with Crippen molar-refractivity contribution in [3.05, 3.63) is 65.5 Å². The van der Waals surface area contributed by atoms with Gasteiger partial charge < -0.3 is 18.6 Å². The summed E-state index contributed by atoms with van der Waals surface area (Å²) in [6, 6.07) is 14.0. The topological polar surface area (TPSA) is 108 Å². The Kier molecular flexibility index (Phi) is 6.62. The van der Waals surface area contributed by atoms with Crippen LogP contribution in [-0.4, -0.2) is 47.9 Å². The molecule has 1 fully saturated rings. The van der Waals surface area contributed by atoms with Crippen LogP contribution in [0.5, 0.6) is 11.5 Å². The molecule has 1 aliphatic rings. The van der Waals surface area contributed by atoms with Crippen LogP contribution in [0.1, 0.15) is 41.3 Å². The minimum atomic E-state index is -1.04. The second-order valence-electron chi connectivity index (χ2n) is 7.67. The number of ether oxygens (including phenoxy) is 3. The van der Waals surface area contributed by atoms with Crippen molar-refractivity contribution in [3.8, 4) is 23.0 Å². The Morgan fingerprint density at radius 2 is 1.88 bits per heavy atom. The fourth-order valence-corrected chi connectivity index (χ4v) is 3.62. The average molecular weight is 464 g/mol. The van der Waals surface area contributed by atoms with E-state index in [9.17, 15) is 14.4 Å². The van der Waals surface area contributed by atoms with Crippen molar-refractivity contribution in [2.24, 2.45) is 0 Å². The molecule has 0 saturated carbocycles. The van der Waals surface area contributed by atoms with Gasteiger partial charge in [-0.2, -0.15) is 0 Å². The van der Waals surface area contributed by atoms with Crippen LogP contribution in [0.25, 0.3) is 11.5 Å². The van der Waals surface area contributed by atoms with E-state index in [-0.39, 0.29) is 18.1 Å². The number of aromatic nitrogens is 1. The number of benzene rings is 2. The second kappa shape index (κ2) is 9.78. The summed E-state index contributed by atoms with van der Waals surface area (Å²) in [4.78, 5) is 42.7. The maximum atomic E-state index is 12.7. The van der Waals surface area contributed by atoms with Crippen molar-refractivity contribution >= 4 is 17.8 Å². The second-order valence-corrected chi connectivity index (χ2v) is 7.67. The SMILES string of the molecule is CCCN1C(=O)OC(c2ccc(OCC(=O)c3nc(-c4ccccc4)oc3C)c(OC)c2)C1=O. The summed E-state index contributed by atoms with van der Waals surface area (Å²) in [5.41, 5.74) is 1.41. The van der Waals surface area contributed by atoms with E-state index >= 15 is 0 Å². The molecule has 3 aromatic rings. The number of rotatable bonds is 9. The minimum Gasteiger partial charge on any atom is -0.493 e. The molecule has 0 N–H and O–H groups in total. The van der Waals surface area contributed by atoms with E-state index < -0.39 is 18.1 Å². The smallest absolute Gasteiger partial charge is 0.417 e. The molecule has 1 saturated heterocycles. The van der Waals surface area contributed by atoms with Gasteiger partial charge >= 0.3 is 6.09 Å². The van der Waals surface area contributed by atoms with Crippen LogP contribution in [0.4, 0.5) is 4.79 Å². The van der Waals surface area contributed by atoms with Crippen LogP contribution < -0.4 is 9.47 Å². The highest BCUT2D eigenvalue weighted by Crippen LogP contribution is 2.35. The number of methoxy groups -OCH3 is 1. The third kappa shape index (κ3) is 4.50. The molecular weight excluding hydrogens is 440 g/mol. The summed E-state index contributed by atoms with van der Waals surface area (Å²) in [6.07, 6.45) is -1.08. The van der Waals surface area contributed by atoms with E-state index in [1.54, 1.807) is 25.1 Å². The Hall–Kier alpha value is -4.14. The van der Waals surface area contributed by atoms with Crippen molar-refractivity contribution in [2.45, 2.75) is 26.4 Å². The molecule has 2 heterocycles. The molecule has 0 spiro atoms. The Morgan fingerprint density at radius 1 is 1.12 bits per heavy atom. The molecule has 0 aliphatic carbocycles. The number of aryl methyl sites for hydroxylation is 1. The standard InChI is InChI=1S/C25H24N2O7/c1-4-12-27-24(29)22(34-25(27)30)17-10-11-19(20(13-17)31-3)32-14-18(28)21-15(2)33-23(26-21)16-8-6-5-7-9-16/h5-11,13,22H,4,12,14H2,1-3H3. The lowest BCUT2D eigenvalue weighted by Crippen LogP contribution is -2.30. The highest BCUT2D eigenvalue weighted by molar-refractivity contribution is 6.00. The number of cyclic esters (lactones) is 1. The van der Waals surface area contributed by atoms with Crippen LogP contribution in [0, 0.1) is 6.92 Å².